The summed E-state index contributed by atoms with van der Waals surface area (Å²) < 4.78 is 0. The van der Waals surface area contributed by atoms with Crippen LogP contribution in [0, 0.1) is 0 Å². The molecule has 1 aromatic heterocycles. The second-order valence-corrected chi connectivity index (χ2v) is 5.18. The third kappa shape index (κ3) is 5.80. The van der Waals surface area contributed by atoms with Gasteiger partial charge in [0.1, 0.15) is 0 Å². The number of pyridine rings is 1. The molecule has 3 heteroatoms. The van der Waals surface area contributed by atoms with Crippen LogP contribution in [0.25, 0.3) is 0 Å². The van der Waals surface area contributed by atoms with Gasteiger partial charge >= 0.3 is 0 Å². The summed E-state index contributed by atoms with van der Waals surface area (Å²) in [6.07, 6.45) is 6.23. The summed E-state index contributed by atoms with van der Waals surface area (Å²) in [7, 11) is 0. The van der Waals surface area contributed by atoms with E-state index in [2.05, 4.69) is 36.3 Å². The van der Waals surface area contributed by atoms with Crippen molar-refractivity contribution in [2.24, 2.45) is 0 Å². The molecule has 1 N–H and O–H groups in total. The number of unbranched alkanes of at least 4 members (excludes halogenated alkanes) is 1. The van der Waals surface area contributed by atoms with Gasteiger partial charge in [0.05, 0.1) is 0 Å². The maximum Gasteiger partial charge on any atom is 0.0278 e. The Kier molecular flexibility index (Phi) is 6.44. The van der Waals surface area contributed by atoms with E-state index >= 15 is 0 Å². The number of nitrogens with one attached hydrogen (secondary N) is 1. The summed E-state index contributed by atoms with van der Waals surface area (Å²) in [6.45, 7) is 6.69. The van der Waals surface area contributed by atoms with Crippen LogP contribution in [0.2, 0.25) is 0 Å². The minimum absolute atomic E-state index is 0.615. The Labute approximate surface area is 96.9 Å². The number of hydrogen-bond donors (Lipinski definition) is 1. The van der Waals surface area contributed by atoms with Gasteiger partial charge in [-0.1, -0.05) is 20.3 Å². The smallest absolute Gasteiger partial charge is 0.0278 e. The molecular formula is C12H20N2S. The van der Waals surface area contributed by atoms with E-state index in [1.807, 2.05) is 24.2 Å². The Balaban J connectivity index is 2.16. The number of nitrogens with zero attached hydrogens (tertiary/aromatic N) is 1. The van der Waals surface area contributed by atoms with Crippen molar-refractivity contribution in [3.8, 4) is 0 Å². The second kappa shape index (κ2) is 7.71. The van der Waals surface area contributed by atoms with E-state index in [9.17, 15) is 0 Å². The minimum atomic E-state index is 0.615. The third-order valence-corrected chi connectivity index (χ3v) is 3.24. The summed E-state index contributed by atoms with van der Waals surface area (Å²) in [6, 6.07) is 4.13. The molecule has 1 atom stereocenters. The first kappa shape index (κ1) is 12.5. The average Bonchev–Trinajstić information content (AvgIpc) is 2.26. The van der Waals surface area contributed by atoms with Crippen LogP contribution < -0.4 is 5.32 Å². The van der Waals surface area contributed by atoms with E-state index in [1.165, 1.54) is 17.7 Å². The predicted molar refractivity (Wildman–Crippen MR) is 67.3 cm³/mol. The van der Waals surface area contributed by atoms with Gasteiger partial charge in [0, 0.05) is 29.1 Å². The van der Waals surface area contributed by atoms with Crippen molar-refractivity contribution < 1.29 is 0 Å². The lowest BCUT2D eigenvalue weighted by atomic mass is 10.3. The van der Waals surface area contributed by atoms with Gasteiger partial charge in [-0.2, -0.15) is 0 Å². The standard InChI is InChI=1S/C12H20N2S/c1-3-4-7-14-10-11(2)15-12-5-8-13-9-6-12/h5-6,8-9,11,14H,3-4,7,10H2,1-2H3. The zero-order valence-electron chi connectivity index (χ0n) is 9.57. The lowest BCUT2D eigenvalue weighted by molar-refractivity contribution is 0.638. The van der Waals surface area contributed by atoms with Crippen LogP contribution in [0.15, 0.2) is 29.4 Å². The molecule has 0 aromatic carbocycles. The molecule has 0 spiro atoms. The molecule has 1 aromatic rings. The molecule has 1 unspecified atom stereocenters. The highest BCUT2D eigenvalue weighted by molar-refractivity contribution is 8.00. The maximum atomic E-state index is 4.01. The first-order chi connectivity index (χ1) is 7.33. The van der Waals surface area contributed by atoms with Gasteiger partial charge < -0.3 is 5.32 Å². The average molecular weight is 224 g/mol. The fourth-order valence-electron chi connectivity index (χ4n) is 1.30. The summed E-state index contributed by atoms with van der Waals surface area (Å²) >= 11 is 1.90. The molecule has 0 saturated carbocycles. The largest absolute Gasteiger partial charge is 0.316 e. The lowest BCUT2D eigenvalue weighted by Gasteiger charge is -2.11. The summed E-state index contributed by atoms with van der Waals surface area (Å²) in [5.41, 5.74) is 0. The highest BCUT2D eigenvalue weighted by Crippen LogP contribution is 2.21. The van der Waals surface area contributed by atoms with Gasteiger partial charge in [-0.3, -0.25) is 4.98 Å². The van der Waals surface area contributed by atoms with E-state index in [-0.39, 0.29) is 0 Å². The number of hydrogen-bond acceptors (Lipinski definition) is 3. The van der Waals surface area contributed by atoms with Crippen LogP contribution in [0.5, 0.6) is 0 Å². The molecule has 1 heterocycles. The summed E-state index contributed by atoms with van der Waals surface area (Å²) in [5, 5.41) is 4.08. The molecule has 0 radical (unpaired) electrons. The molecule has 0 saturated heterocycles. The number of aromatic nitrogens is 1. The number of thioether (sulfide) groups is 1. The van der Waals surface area contributed by atoms with Crippen molar-refractivity contribution in [2.75, 3.05) is 13.1 Å². The molecule has 0 amide bonds. The first-order valence-electron chi connectivity index (χ1n) is 5.60. The van der Waals surface area contributed by atoms with Crippen molar-refractivity contribution in [3.05, 3.63) is 24.5 Å². The van der Waals surface area contributed by atoms with Gasteiger partial charge in [0.2, 0.25) is 0 Å². The molecule has 0 aliphatic rings. The zero-order valence-corrected chi connectivity index (χ0v) is 10.4. The van der Waals surface area contributed by atoms with Crippen molar-refractivity contribution in [1.82, 2.24) is 10.3 Å². The molecule has 15 heavy (non-hydrogen) atoms. The highest BCUT2D eigenvalue weighted by Gasteiger charge is 2.02. The topological polar surface area (TPSA) is 24.9 Å². The normalized spacial score (nSPS) is 12.7. The van der Waals surface area contributed by atoms with Crippen molar-refractivity contribution >= 4 is 11.8 Å². The van der Waals surface area contributed by atoms with Crippen LogP contribution in [0.3, 0.4) is 0 Å². The molecule has 2 nitrogen and oxygen atoms in total. The van der Waals surface area contributed by atoms with E-state index in [4.69, 9.17) is 0 Å². The molecule has 0 bridgehead atoms. The van der Waals surface area contributed by atoms with Gasteiger partial charge in [0.25, 0.3) is 0 Å². The fraction of sp³-hybridized carbons (Fsp3) is 0.583. The van der Waals surface area contributed by atoms with Crippen molar-refractivity contribution in [3.63, 3.8) is 0 Å². The summed E-state index contributed by atoms with van der Waals surface area (Å²) in [5.74, 6) is 0. The van der Waals surface area contributed by atoms with Gasteiger partial charge in [-0.05, 0) is 25.1 Å². The van der Waals surface area contributed by atoms with Gasteiger partial charge in [0.15, 0.2) is 0 Å². The predicted octanol–water partition coefficient (Wildman–Crippen LogP) is 2.95. The van der Waals surface area contributed by atoms with Crippen LogP contribution >= 0.6 is 11.8 Å². The second-order valence-electron chi connectivity index (χ2n) is 3.67. The van der Waals surface area contributed by atoms with E-state index in [0.29, 0.717) is 5.25 Å². The summed E-state index contributed by atoms with van der Waals surface area (Å²) in [4.78, 5) is 5.31. The maximum absolute atomic E-state index is 4.01. The van der Waals surface area contributed by atoms with Crippen LogP contribution in [0.1, 0.15) is 26.7 Å². The fourth-order valence-corrected chi connectivity index (χ4v) is 2.24. The first-order valence-corrected chi connectivity index (χ1v) is 6.48. The molecule has 1 rings (SSSR count). The van der Waals surface area contributed by atoms with Crippen LogP contribution in [-0.4, -0.2) is 23.3 Å². The highest BCUT2D eigenvalue weighted by atomic mass is 32.2. The van der Waals surface area contributed by atoms with E-state index in [0.717, 1.165) is 13.1 Å². The minimum Gasteiger partial charge on any atom is -0.316 e. The van der Waals surface area contributed by atoms with E-state index in [1.54, 1.807) is 0 Å². The Morgan fingerprint density at radius 2 is 2.13 bits per heavy atom. The third-order valence-electron chi connectivity index (χ3n) is 2.13. The Morgan fingerprint density at radius 3 is 2.80 bits per heavy atom. The molecular weight excluding hydrogens is 204 g/mol. The Bertz CT molecular complexity index is 251. The molecule has 0 aliphatic heterocycles. The van der Waals surface area contributed by atoms with Crippen LogP contribution in [-0.2, 0) is 0 Å². The Hall–Kier alpha value is -0.540. The quantitative estimate of drug-likeness (QED) is 0.569. The molecule has 0 fully saturated rings. The van der Waals surface area contributed by atoms with Crippen LogP contribution in [0.4, 0.5) is 0 Å². The number of rotatable bonds is 7. The molecule has 0 aliphatic carbocycles. The van der Waals surface area contributed by atoms with Crippen molar-refractivity contribution in [2.45, 2.75) is 36.8 Å². The molecule has 84 valence electrons. The van der Waals surface area contributed by atoms with E-state index < -0.39 is 0 Å². The van der Waals surface area contributed by atoms with Crippen molar-refractivity contribution in [1.29, 1.82) is 0 Å². The SMILES string of the molecule is CCCCNCC(C)Sc1ccncc1. The lowest BCUT2D eigenvalue weighted by Crippen LogP contribution is -2.23. The Morgan fingerprint density at radius 1 is 1.40 bits per heavy atom. The zero-order chi connectivity index (χ0) is 10.9. The van der Waals surface area contributed by atoms with Gasteiger partial charge in [-0.15, -0.1) is 11.8 Å². The monoisotopic (exact) mass is 224 g/mol. The van der Waals surface area contributed by atoms with Gasteiger partial charge in [-0.25, -0.2) is 0 Å².